The van der Waals surface area contributed by atoms with Crippen LogP contribution in [0.15, 0.2) is 36.4 Å². The quantitative estimate of drug-likeness (QED) is 0.916. The Labute approximate surface area is 127 Å². The minimum absolute atomic E-state index is 0.197. The molecule has 0 bridgehead atoms. The molecule has 1 atom stereocenters. The molecule has 0 radical (unpaired) electrons. The Morgan fingerprint density at radius 3 is 2.67 bits per heavy atom. The SMILES string of the molecule is CCNC(c1cccc(C)c1C)c1cccc2c1OCC2. The smallest absolute Gasteiger partial charge is 0.127 e. The summed E-state index contributed by atoms with van der Waals surface area (Å²) >= 11 is 0. The van der Waals surface area contributed by atoms with Crippen molar-refractivity contribution in [3.8, 4) is 5.75 Å². The Balaban J connectivity index is 2.11. The van der Waals surface area contributed by atoms with Crippen LogP contribution in [0.25, 0.3) is 0 Å². The molecule has 1 N–H and O–H groups in total. The first-order chi connectivity index (χ1) is 10.2. The molecule has 0 saturated heterocycles. The van der Waals surface area contributed by atoms with Crippen molar-refractivity contribution < 1.29 is 4.74 Å². The van der Waals surface area contributed by atoms with Gasteiger partial charge in [0.15, 0.2) is 0 Å². The Bertz CT molecular complexity index is 648. The number of fused-ring (bicyclic) bond motifs is 1. The lowest BCUT2D eigenvalue weighted by Gasteiger charge is -2.23. The van der Waals surface area contributed by atoms with E-state index in [9.17, 15) is 0 Å². The molecular formula is C19H23NO. The van der Waals surface area contributed by atoms with Gasteiger partial charge in [0.25, 0.3) is 0 Å². The third-order valence-electron chi connectivity index (χ3n) is 4.42. The topological polar surface area (TPSA) is 21.3 Å². The number of para-hydroxylation sites is 1. The maximum Gasteiger partial charge on any atom is 0.127 e. The van der Waals surface area contributed by atoms with Gasteiger partial charge in [0, 0.05) is 12.0 Å². The van der Waals surface area contributed by atoms with Crippen molar-refractivity contribution in [1.29, 1.82) is 0 Å². The zero-order chi connectivity index (χ0) is 14.8. The molecule has 0 aliphatic carbocycles. The van der Waals surface area contributed by atoms with E-state index in [1.807, 2.05) is 0 Å². The Kier molecular flexibility index (Phi) is 3.98. The van der Waals surface area contributed by atoms with E-state index >= 15 is 0 Å². The van der Waals surface area contributed by atoms with Crippen molar-refractivity contribution in [1.82, 2.24) is 5.32 Å². The first-order valence-corrected chi connectivity index (χ1v) is 7.76. The maximum atomic E-state index is 5.91. The molecule has 0 spiro atoms. The van der Waals surface area contributed by atoms with Crippen LogP contribution in [0.4, 0.5) is 0 Å². The monoisotopic (exact) mass is 281 g/mol. The number of benzene rings is 2. The van der Waals surface area contributed by atoms with E-state index in [-0.39, 0.29) is 6.04 Å². The predicted octanol–water partition coefficient (Wildman–Crippen LogP) is 3.94. The van der Waals surface area contributed by atoms with Crippen molar-refractivity contribution in [2.45, 2.75) is 33.2 Å². The molecule has 2 nitrogen and oxygen atoms in total. The van der Waals surface area contributed by atoms with Gasteiger partial charge in [0.05, 0.1) is 12.6 Å². The van der Waals surface area contributed by atoms with Crippen molar-refractivity contribution in [2.75, 3.05) is 13.2 Å². The summed E-state index contributed by atoms with van der Waals surface area (Å²) in [6.07, 6.45) is 1.02. The summed E-state index contributed by atoms with van der Waals surface area (Å²) in [6.45, 7) is 8.27. The number of aryl methyl sites for hydroxylation is 1. The summed E-state index contributed by atoms with van der Waals surface area (Å²) in [7, 11) is 0. The van der Waals surface area contributed by atoms with E-state index in [0.717, 1.165) is 25.3 Å². The number of hydrogen-bond acceptors (Lipinski definition) is 2. The van der Waals surface area contributed by atoms with E-state index in [1.165, 1.54) is 27.8 Å². The largest absolute Gasteiger partial charge is 0.493 e. The van der Waals surface area contributed by atoms with Gasteiger partial charge in [-0.1, -0.05) is 43.3 Å². The Morgan fingerprint density at radius 2 is 1.86 bits per heavy atom. The van der Waals surface area contributed by atoms with Gasteiger partial charge in [0.2, 0.25) is 0 Å². The molecule has 1 heterocycles. The molecule has 110 valence electrons. The fourth-order valence-electron chi connectivity index (χ4n) is 3.15. The highest BCUT2D eigenvalue weighted by molar-refractivity contribution is 5.50. The van der Waals surface area contributed by atoms with E-state index in [1.54, 1.807) is 0 Å². The average molecular weight is 281 g/mol. The minimum Gasteiger partial charge on any atom is -0.493 e. The second kappa shape index (κ2) is 5.90. The highest BCUT2D eigenvalue weighted by atomic mass is 16.5. The minimum atomic E-state index is 0.197. The molecule has 0 aromatic heterocycles. The summed E-state index contributed by atoms with van der Waals surface area (Å²) in [4.78, 5) is 0. The number of rotatable bonds is 4. The van der Waals surface area contributed by atoms with Crippen molar-refractivity contribution in [2.24, 2.45) is 0 Å². The van der Waals surface area contributed by atoms with E-state index < -0.39 is 0 Å². The summed E-state index contributed by atoms with van der Waals surface area (Å²) in [6, 6.07) is 13.3. The second-order valence-electron chi connectivity index (χ2n) is 5.71. The van der Waals surface area contributed by atoms with Crippen LogP contribution in [0, 0.1) is 13.8 Å². The van der Waals surface area contributed by atoms with E-state index in [0.29, 0.717) is 0 Å². The van der Waals surface area contributed by atoms with Gasteiger partial charge in [-0.25, -0.2) is 0 Å². The van der Waals surface area contributed by atoms with Crippen LogP contribution in [0.3, 0.4) is 0 Å². The molecule has 0 amide bonds. The van der Waals surface area contributed by atoms with Gasteiger partial charge < -0.3 is 10.1 Å². The van der Waals surface area contributed by atoms with Crippen LogP contribution < -0.4 is 10.1 Å². The first-order valence-electron chi connectivity index (χ1n) is 7.76. The summed E-state index contributed by atoms with van der Waals surface area (Å²) in [5.74, 6) is 1.09. The summed E-state index contributed by atoms with van der Waals surface area (Å²) < 4.78 is 5.91. The fraction of sp³-hybridized carbons (Fsp3) is 0.368. The van der Waals surface area contributed by atoms with E-state index in [4.69, 9.17) is 4.74 Å². The van der Waals surface area contributed by atoms with Crippen LogP contribution in [-0.2, 0) is 6.42 Å². The zero-order valence-electron chi connectivity index (χ0n) is 13.1. The summed E-state index contributed by atoms with van der Waals surface area (Å²) in [5.41, 5.74) is 6.64. The van der Waals surface area contributed by atoms with Gasteiger partial charge in [-0.15, -0.1) is 0 Å². The molecule has 2 heteroatoms. The lowest BCUT2D eigenvalue weighted by Crippen LogP contribution is -2.23. The van der Waals surface area contributed by atoms with Gasteiger partial charge in [-0.05, 0) is 42.6 Å². The molecule has 21 heavy (non-hydrogen) atoms. The van der Waals surface area contributed by atoms with E-state index in [2.05, 4.69) is 62.5 Å². The van der Waals surface area contributed by atoms with Crippen LogP contribution in [-0.4, -0.2) is 13.2 Å². The van der Waals surface area contributed by atoms with Crippen LogP contribution in [0.2, 0.25) is 0 Å². The third-order valence-corrected chi connectivity index (χ3v) is 4.42. The standard InChI is InChI=1S/C19H23NO/c1-4-20-18(16-9-5-7-13(2)14(16)3)17-10-6-8-15-11-12-21-19(15)17/h5-10,18,20H,4,11-12H2,1-3H3. The molecule has 1 aliphatic heterocycles. The third kappa shape index (κ3) is 2.56. The lowest BCUT2D eigenvalue weighted by atomic mass is 9.91. The summed E-state index contributed by atoms with van der Waals surface area (Å²) in [5, 5.41) is 3.63. The Morgan fingerprint density at radius 1 is 1.10 bits per heavy atom. The molecule has 2 aromatic rings. The average Bonchev–Trinajstić information content (AvgIpc) is 2.97. The highest BCUT2D eigenvalue weighted by Crippen LogP contribution is 2.37. The van der Waals surface area contributed by atoms with Crippen molar-refractivity contribution in [3.63, 3.8) is 0 Å². The fourth-order valence-corrected chi connectivity index (χ4v) is 3.15. The van der Waals surface area contributed by atoms with Crippen molar-refractivity contribution >= 4 is 0 Å². The predicted molar refractivity (Wildman–Crippen MR) is 87.1 cm³/mol. The molecule has 1 unspecified atom stereocenters. The lowest BCUT2D eigenvalue weighted by molar-refractivity contribution is 0.350. The normalized spacial score (nSPS) is 14.6. The van der Waals surface area contributed by atoms with Gasteiger partial charge >= 0.3 is 0 Å². The van der Waals surface area contributed by atoms with Gasteiger partial charge in [-0.2, -0.15) is 0 Å². The molecule has 0 saturated carbocycles. The first kappa shape index (κ1) is 14.2. The maximum absolute atomic E-state index is 5.91. The van der Waals surface area contributed by atoms with Crippen molar-refractivity contribution in [3.05, 3.63) is 64.2 Å². The molecular weight excluding hydrogens is 258 g/mol. The van der Waals surface area contributed by atoms with Gasteiger partial charge in [-0.3, -0.25) is 0 Å². The molecule has 3 rings (SSSR count). The number of hydrogen-bond donors (Lipinski definition) is 1. The highest BCUT2D eigenvalue weighted by Gasteiger charge is 2.24. The van der Waals surface area contributed by atoms with Crippen LogP contribution >= 0.6 is 0 Å². The van der Waals surface area contributed by atoms with Crippen LogP contribution in [0.5, 0.6) is 5.75 Å². The van der Waals surface area contributed by atoms with Gasteiger partial charge in [0.1, 0.15) is 5.75 Å². The molecule has 1 aliphatic rings. The number of nitrogens with one attached hydrogen (secondary N) is 1. The molecule has 0 fully saturated rings. The van der Waals surface area contributed by atoms with Crippen LogP contribution in [0.1, 0.15) is 40.8 Å². The second-order valence-corrected chi connectivity index (χ2v) is 5.71. The number of ether oxygens (including phenoxy) is 1. The molecule has 2 aromatic carbocycles. The Hall–Kier alpha value is -1.80. The zero-order valence-corrected chi connectivity index (χ0v) is 13.1.